The van der Waals surface area contributed by atoms with Gasteiger partial charge >= 0.3 is 6.18 Å². The maximum absolute atomic E-state index is 12.8. The van der Waals surface area contributed by atoms with Crippen molar-refractivity contribution in [2.24, 2.45) is 0 Å². The van der Waals surface area contributed by atoms with Gasteiger partial charge in [0.1, 0.15) is 12.2 Å². The minimum absolute atomic E-state index is 0.218. The summed E-state index contributed by atoms with van der Waals surface area (Å²) >= 11 is 0. The molecule has 0 saturated carbocycles. The second kappa shape index (κ2) is 9.25. The Balaban J connectivity index is 1.84. The molecule has 2 aromatic carbocycles. The number of benzene rings is 2. The first-order valence-corrected chi connectivity index (χ1v) is 8.57. The summed E-state index contributed by atoms with van der Waals surface area (Å²) in [6, 6.07) is 11.2. The van der Waals surface area contributed by atoms with E-state index in [-0.39, 0.29) is 12.8 Å². The number of ether oxygens (including phenoxy) is 1. The molecule has 0 fully saturated rings. The standard InChI is InChI=1S/C20H21F3N2O3/c1-13(10-14-4-3-5-15(11-14)20(21,22)23)24-18(26)12-19(27)25-16-6-8-17(28-2)9-7-16/h3-9,11,13H,10,12H2,1-2H3,(H,24,26)(H,25,27). The van der Waals surface area contributed by atoms with Gasteiger partial charge < -0.3 is 15.4 Å². The number of nitrogens with one attached hydrogen (secondary N) is 2. The third-order valence-corrected chi connectivity index (χ3v) is 3.90. The van der Waals surface area contributed by atoms with E-state index < -0.39 is 29.6 Å². The van der Waals surface area contributed by atoms with Crippen molar-refractivity contribution < 1.29 is 27.5 Å². The van der Waals surface area contributed by atoms with E-state index in [1.54, 1.807) is 37.3 Å². The zero-order valence-corrected chi connectivity index (χ0v) is 15.5. The number of hydrogen-bond acceptors (Lipinski definition) is 3. The van der Waals surface area contributed by atoms with Crippen LogP contribution in [0, 0.1) is 0 Å². The molecular weight excluding hydrogens is 373 g/mol. The lowest BCUT2D eigenvalue weighted by molar-refractivity contribution is -0.137. The Morgan fingerprint density at radius 1 is 1.07 bits per heavy atom. The SMILES string of the molecule is COc1ccc(NC(=O)CC(=O)NC(C)Cc2cccc(C(F)(F)F)c2)cc1. The Bertz CT molecular complexity index is 820. The number of anilines is 1. The summed E-state index contributed by atoms with van der Waals surface area (Å²) in [5, 5.41) is 5.21. The predicted molar refractivity (Wildman–Crippen MR) is 99.0 cm³/mol. The summed E-state index contributed by atoms with van der Waals surface area (Å²) in [6.07, 6.45) is -4.59. The maximum atomic E-state index is 12.8. The molecule has 0 aromatic heterocycles. The maximum Gasteiger partial charge on any atom is 0.416 e. The number of methoxy groups -OCH3 is 1. The molecule has 0 heterocycles. The highest BCUT2D eigenvalue weighted by Crippen LogP contribution is 2.29. The smallest absolute Gasteiger partial charge is 0.416 e. The summed E-state index contributed by atoms with van der Waals surface area (Å²) in [4.78, 5) is 23.9. The minimum Gasteiger partial charge on any atom is -0.497 e. The van der Waals surface area contributed by atoms with Crippen molar-refractivity contribution in [3.63, 3.8) is 0 Å². The zero-order valence-electron chi connectivity index (χ0n) is 15.5. The van der Waals surface area contributed by atoms with Crippen molar-refractivity contribution >= 4 is 17.5 Å². The van der Waals surface area contributed by atoms with E-state index in [1.807, 2.05) is 0 Å². The highest BCUT2D eigenvalue weighted by atomic mass is 19.4. The van der Waals surface area contributed by atoms with E-state index >= 15 is 0 Å². The molecule has 2 amide bonds. The number of rotatable bonds is 7. The van der Waals surface area contributed by atoms with Gasteiger partial charge in [0.2, 0.25) is 11.8 Å². The number of hydrogen-bond donors (Lipinski definition) is 2. The Morgan fingerprint density at radius 2 is 1.75 bits per heavy atom. The van der Waals surface area contributed by atoms with Crippen molar-refractivity contribution in [3.05, 3.63) is 59.7 Å². The Labute approximate surface area is 160 Å². The average molecular weight is 394 g/mol. The van der Waals surface area contributed by atoms with E-state index in [0.717, 1.165) is 12.1 Å². The van der Waals surface area contributed by atoms with Gasteiger partial charge in [-0.2, -0.15) is 13.2 Å². The molecule has 150 valence electrons. The third-order valence-electron chi connectivity index (χ3n) is 3.90. The van der Waals surface area contributed by atoms with Gasteiger partial charge in [-0.3, -0.25) is 9.59 Å². The fraction of sp³-hybridized carbons (Fsp3) is 0.300. The summed E-state index contributed by atoms with van der Waals surface area (Å²) < 4.78 is 43.3. The number of carbonyl (C=O) groups is 2. The van der Waals surface area contributed by atoms with Crippen LogP contribution in [0.25, 0.3) is 0 Å². The van der Waals surface area contributed by atoms with E-state index in [2.05, 4.69) is 10.6 Å². The highest BCUT2D eigenvalue weighted by Gasteiger charge is 2.30. The van der Waals surface area contributed by atoms with Gasteiger partial charge in [0.15, 0.2) is 0 Å². The first-order valence-electron chi connectivity index (χ1n) is 8.57. The molecule has 2 N–H and O–H groups in total. The van der Waals surface area contributed by atoms with Crippen LogP contribution in [0.4, 0.5) is 18.9 Å². The third kappa shape index (κ3) is 6.61. The van der Waals surface area contributed by atoms with Crippen molar-refractivity contribution in [1.82, 2.24) is 5.32 Å². The van der Waals surface area contributed by atoms with Gasteiger partial charge in [-0.25, -0.2) is 0 Å². The molecular formula is C20H21F3N2O3. The highest BCUT2D eigenvalue weighted by molar-refractivity contribution is 6.03. The Kier molecular flexibility index (Phi) is 7.03. The topological polar surface area (TPSA) is 67.4 Å². The van der Waals surface area contributed by atoms with E-state index in [1.165, 1.54) is 13.2 Å². The van der Waals surface area contributed by atoms with Crippen LogP contribution in [-0.4, -0.2) is 25.0 Å². The second-order valence-electron chi connectivity index (χ2n) is 6.32. The van der Waals surface area contributed by atoms with Crippen LogP contribution >= 0.6 is 0 Å². The lowest BCUT2D eigenvalue weighted by Gasteiger charge is -2.15. The van der Waals surface area contributed by atoms with Crippen molar-refractivity contribution in [1.29, 1.82) is 0 Å². The normalized spacial score (nSPS) is 12.2. The Hall–Kier alpha value is -3.03. The molecule has 2 aromatic rings. The van der Waals surface area contributed by atoms with E-state index in [0.29, 0.717) is 17.0 Å². The zero-order chi connectivity index (χ0) is 20.7. The molecule has 1 atom stereocenters. The van der Waals surface area contributed by atoms with Gasteiger partial charge in [-0.15, -0.1) is 0 Å². The number of amides is 2. The molecule has 0 spiro atoms. The van der Waals surface area contributed by atoms with Crippen LogP contribution in [0.3, 0.4) is 0 Å². The first kappa shape index (κ1) is 21.3. The van der Waals surface area contributed by atoms with Crippen molar-refractivity contribution in [2.75, 3.05) is 12.4 Å². The lowest BCUT2D eigenvalue weighted by atomic mass is 10.0. The van der Waals surface area contributed by atoms with Crippen LogP contribution in [-0.2, 0) is 22.2 Å². The molecule has 0 saturated heterocycles. The second-order valence-corrected chi connectivity index (χ2v) is 6.32. The van der Waals surface area contributed by atoms with Crippen molar-refractivity contribution in [2.45, 2.75) is 32.0 Å². The molecule has 1 unspecified atom stereocenters. The molecule has 5 nitrogen and oxygen atoms in total. The molecule has 28 heavy (non-hydrogen) atoms. The van der Waals surface area contributed by atoms with Gasteiger partial charge in [-0.1, -0.05) is 18.2 Å². The van der Waals surface area contributed by atoms with Gasteiger partial charge in [0, 0.05) is 11.7 Å². The average Bonchev–Trinajstić information content (AvgIpc) is 2.61. The number of carbonyl (C=O) groups excluding carboxylic acids is 2. The summed E-state index contributed by atoms with van der Waals surface area (Å²) in [6.45, 7) is 1.67. The number of halogens is 3. The number of alkyl halides is 3. The molecule has 0 aliphatic rings. The Morgan fingerprint density at radius 3 is 2.36 bits per heavy atom. The lowest BCUT2D eigenvalue weighted by Crippen LogP contribution is -2.36. The van der Waals surface area contributed by atoms with E-state index in [9.17, 15) is 22.8 Å². The van der Waals surface area contributed by atoms with Crippen LogP contribution in [0.5, 0.6) is 5.75 Å². The van der Waals surface area contributed by atoms with Crippen LogP contribution in [0.15, 0.2) is 48.5 Å². The molecule has 8 heteroatoms. The molecule has 0 bridgehead atoms. The monoisotopic (exact) mass is 394 g/mol. The van der Waals surface area contributed by atoms with E-state index in [4.69, 9.17) is 4.74 Å². The fourth-order valence-corrected chi connectivity index (χ4v) is 2.63. The van der Waals surface area contributed by atoms with Gasteiger partial charge in [-0.05, 0) is 49.2 Å². The largest absolute Gasteiger partial charge is 0.497 e. The van der Waals surface area contributed by atoms with Crippen LogP contribution in [0.1, 0.15) is 24.5 Å². The summed E-state index contributed by atoms with van der Waals surface area (Å²) in [5.74, 6) is -0.362. The van der Waals surface area contributed by atoms with Crippen LogP contribution < -0.4 is 15.4 Å². The fourth-order valence-electron chi connectivity index (χ4n) is 2.63. The van der Waals surface area contributed by atoms with Crippen molar-refractivity contribution in [3.8, 4) is 5.75 Å². The minimum atomic E-state index is -4.41. The molecule has 0 aliphatic carbocycles. The van der Waals surface area contributed by atoms with Gasteiger partial charge in [0.05, 0.1) is 12.7 Å². The molecule has 0 radical (unpaired) electrons. The van der Waals surface area contributed by atoms with Crippen LogP contribution in [0.2, 0.25) is 0 Å². The molecule has 0 aliphatic heterocycles. The summed E-state index contributed by atoms with van der Waals surface area (Å²) in [7, 11) is 1.53. The summed E-state index contributed by atoms with van der Waals surface area (Å²) in [5.41, 5.74) is 0.239. The quantitative estimate of drug-likeness (QED) is 0.702. The predicted octanol–water partition coefficient (Wildman–Crippen LogP) is 3.79. The molecule has 2 rings (SSSR count). The van der Waals surface area contributed by atoms with Gasteiger partial charge in [0.25, 0.3) is 0 Å². The first-order chi connectivity index (χ1) is 13.2.